The van der Waals surface area contributed by atoms with Crippen LogP contribution in [0.4, 0.5) is 0 Å². The van der Waals surface area contributed by atoms with Crippen molar-refractivity contribution in [2.24, 2.45) is 0 Å². The summed E-state index contributed by atoms with van der Waals surface area (Å²) in [6, 6.07) is 0. The van der Waals surface area contributed by atoms with Crippen molar-refractivity contribution >= 4 is 14.7 Å². The van der Waals surface area contributed by atoms with E-state index in [1.54, 1.807) is 5.57 Å². The average Bonchev–Trinajstić information content (AvgIpc) is 2.07. The molecule has 0 fully saturated rings. The van der Waals surface area contributed by atoms with Crippen LogP contribution in [0, 0.1) is 6.42 Å². The summed E-state index contributed by atoms with van der Waals surface area (Å²) in [4.78, 5) is 2.48. The van der Waals surface area contributed by atoms with Gasteiger partial charge in [0.25, 0.3) is 0 Å². The summed E-state index contributed by atoms with van der Waals surface area (Å²) in [5.41, 5.74) is 3.14. The van der Waals surface area contributed by atoms with E-state index in [9.17, 15) is 0 Å². The molecule has 2 aliphatic rings. The van der Waals surface area contributed by atoms with Gasteiger partial charge in [0.1, 0.15) is 0 Å². The molecule has 0 aromatic rings. The third-order valence-corrected chi connectivity index (χ3v) is 7.80. The minimum absolute atomic E-state index is 0.678. The quantitative estimate of drug-likeness (QED) is 0.551. The fourth-order valence-corrected chi connectivity index (χ4v) is 6.62. The zero-order valence-electron chi connectivity index (χ0n) is 7.62. The predicted molar refractivity (Wildman–Crippen MR) is 55.3 cm³/mol. The van der Waals surface area contributed by atoms with Crippen LogP contribution >= 0.6 is 0 Å². The van der Waals surface area contributed by atoms with Gasteiger partial charge in [-0.1, -0.05) is 0 Å². The Kier molecular flexibility index (Phi) is 2.28. The summed E-state index contributed by atoms with van der Waals surface area (Å²) in [6.45, 7) is 4.52. The second-order valence-electron chi connectivity index (χ2n) is 3.52. The maximum atomic E-state index is 2.48. The second-order valence-corrected chi connectivity index (χ2v) is 8.22. The van der Waals surface area contributed by atoms with E-state index in [0.29, 0.717) is 0 Å². The van der Waals surface area contributed by atoms with Crippen LogP contribution in [0.5, 0.6) is 0 Å². The molecular weight excluding hydrogens is 207 g/mol. The molecule has 1 heteroatoms. The van der Waals surface area contributed by atoms with E-state index < -0.39 is 14.7 Å². The van der Waals surface area contributed by atoms with Crippen LogP contribution in [-0.4, -0.2) is 14.7 Å². The monoisotopic (exact) mass is 221 g/mol. The Morgan fingerprint density at radius 3 is 3.00 bits per heavy atom. The van der Waals surface area contributed by atoms with E-state index in [2.05, 4.69) is 43.4 Å². The summed E-state index contributed by atoms with van der Waals surface area (Å²) in [5.74, 6) is 0. The van der Waals surface area contributed by atoms with Gasteiger partial charge in [-0.25, -0.2) is 0 Å². The molecule has 0 nitrogen and oxygen atoms in total. The SMILES string of the molecule is CC1=C(C)C[As]2C=CC=CC2[CH]1. The van der Waals surface area contributed by atoms with E-state index in [4.69, 9.17) is 0 Å². The zero-order valence-corrected chi connectivity index (χ0v) is 9.49. The topological polar surface area (TPSA) is 0 Å². The van der Waals surface area contributed by atoms with Crippen LogP contribution < -0.4 is 0 Å². The van der Waals surface area contributed by atoms with Gasteiger partial charge in [-0.15, -0.1) is 0 Å². The van der Waals surface area contributed by atoms with Gasteiger partial charge in [0.05, 0.1) is 0 Å². The summed E-state index contributed by atoms with van der Waals surface area (Å²) >= 11 is -0.678. The summed E-state index contributed by atoms with van der Waals surface area (Å²) in [5, 5.41) is 1.39. The van der Waals surface area contributed by atoms with E-state index in [-0.39, 0.29) is 0 Å². The predicted octanol–water partition coefficient (Wildman–Crippen LogP) is 3.07. The van der Waals surface area contributed by atoms with Crippen molar-refractivity contribution in [1.29, 1.82) is 0 Å². The van der Waals surface area contributed by atoms with E-state index in [1.807, 2.05) is 0 Å². The maximum absolute atomic E-state index is 2.48. The fraction of sp³-hybridized carbons (Fsp3) is 0.364. The molecule has 0 spiro atoms. The summed E-state index contributed by atoms with van der Waals surface area (Å²) in [7, 11) is 0. The van der Waals surface area contributed by atoms with Gasteiger partial charge >= 0.3 is 79.1 Å². The van der Waals surface area contributed by atoms with Crippen molar-refractivity contribution in [3.05, 3.63) is 40.7 Å². The zero-order chi connectivity index (χ0) is 8.55. The van der Waals surface area contributed by atoms with Crippen molar-refractivity contribution in [2.45, 2.75) is 23.8 Å². The van der Waals surface area contributed by atoms with Crippen LogP contribution in [0.2, 0.25) is 9.91 Å². The number of fused-ring (bicyclic) bond motifs is 1. The molecule has 0 N–H and O–H groups in total. The molecule has 0 aromatic heterocycles. The Hall–Kier alpha value is -0.222. The average molecular weight is 221 g/mol. The second kappa shape index (κ2) is 3.26. The molecule has 0 saturated heterocycles. The van der Waals surface area contributed by atoms with Crippen LogP contribution in [0.25, 0.3) is 0 Å². The van der Waals surface area contributed by atoms with Gasteiger partial charge in [0.15, 0.2) is 0 Å². The van der Waals surface area contributed by atoms with Gasteiger partial charge < -0.3 is 0 Å². The molecular formula is C11H14As. The van der Waals surface area contributed by atoms with Crippen LogP contribution in [0.1, 0.15) is 13.8 Å². The van der Waals surface area contributed by atoms with Crippen molar-refractivity contribution < 1.29 is 0 Å². The third kappa shape index (κ3) is 1.45. The van der Waals surface area contributed by atoms with Gasteiger partial charge in [-0.2, -0.15) is 0 Å². The molecule has 0 aliphatic carbocycles. The first kappa shape index (κ1) is 8.38. The van der Waals surface area contributed by atoms with Crippen LogP contribution in [0.15, 0.2) is 34.2 Å². The molecule has 1 radical (unpaired) electrons. The van der Waals surface area contributed by atoms with E-state index in [0.717, 1.165) is 4.71 Å². The van der Waals surface area contributed by atoms with E-state index in [1.165, 1.54) is 10.8 Å². The van der Waals surface area contributed by atoms with Crippen molar-refractivity contribution in [2.75, 3.05) is 0 Å². The standard InChI is InChI=1S/C11H14As/c1-9-7-11-5-3-4-6-12(11)8-10(9)2/h3-7,11H,8H2,1-2H3. The molecule has 2 unspecified atom stereocenters. The molecule has 2 atom stereocenters. The van der Waals surface area contributed by atoms with Crippen molar-refractivity contribution in [3.8, 4) is 0 Å². The first-order chi connectivity index (χ1) is 5.77. The van der Waals surface area contributed by atoms with E-state index >= 15 is 0 Å². The molecule has 2 aliphatic heterocycles. The normalized spacial score (nSPS) is 33.8. The molecule has 63 valence electrons. The van der Waals surface area contributed by atoms with Crippen molar-refractivity contribution in [1.82, 2.24) is 0 Å². The van der Waals surface area contributed by atoms with Crippen LogP contribution in [0.3, 0.4) is 0 Å². The van der Waals surface area contributed by atoms with Gasteiger partial charge in [-0.3, -0.25) is 0 Å². The molecule has 0 amide bonds. The Morgan fingerprint density at radius 2 is 2.17 bits per heavy atom. The molecule has 0 bridgehead atoms. The minimum atomic E-state index is -0.678. The van der Waals surface area contributed by atoms with Crippen molar-refractivity contribution in [3.63, 3.8) is 0 Å². The van der Waals surface area contributed by atoms with Gasteiger partial charge in [-0.05, 0) is 0 Å². The fourth-order valence-electron chi connectivity index (χ4n) is 1.65. The number of allylic oxidation sites excluding steroid dienone is 5. The number of hydrogen-bond donors (Lipinski definition) is 0. The third-order valence-electron chi connectivity index (χ3n) is 2.59. The van der Waals surface area contributed by atoms with Gasteiger partial charge in [0.2, 0.25) is 0 Å². The van der Waals surface area contributed by atoms with Crippen LogP contribution in [-0.2, 0) is 0 Å². The summed E-state index contributed by atoms with van der Waals surface area (Å²) < 4.78 is 0.811. The first-order valence-corrected chi connectivity index (χ1v) is 7.89. The summed E-state index contributed by atoms with van der Waals surface area (Å²) in [6.07, 6.45) is 9.26. The number of rotatable bonds is 0. The first-order valence-electron chi connectivity index (χ1n) is 4.39. The Morgan fingerprint density at radius 1 is 1.33 bits per heavy atom. The molecule has 2 heterocycles. The Balaban J connectivity index is 2.23. The molecule has 0 aromatic carbocycles. The Bertz CT molecular complexity index is 243. The molecule has 12 heavy (non-hydrogen) atoms. The molecule has 0 saturated carbocycles. The van der Waals surface area contributed by atoms with Gasteiger partial charge in [0, 0.05) is 0 Å². The molecule has 2 rings (SSSR count). The number of hydrogen-bond acceptors (Lipinski definition) is 0. The Labute approximate surface area is 79.3 Å².